The molecule has 0 atom stereocenters. The Labute approximate surface area is 119 Å². The average Bonchev–Trinajstić information content (AvgIpc) is 2.41. The molecule has 0 unspecified atom stereocenters. The Hall–Kier alpha value is -2.28. The molecule has 0 aliphatic carbocycles. The number of hydrogen-bond acceptors (Lipinski definition) is 6. The second kappa shape index (κ2) is 5.79. The van der Waals surface area contributed by atoms with Gasteiger partial charge in [0.05, 0.1) is 10.5 Å². The van der Waals surface area contributed by atoms with Gasteiger partial charge in [0.2, 0.25) is 0 Å². The number of nitrogens with zero attached hydrogens (tertiary/aromatic N) is 3. The molecule has 6 nitrogen and oxygen atoms in total. The van der Waals surface area contributed by atoms with E-state index in [-0.39, 0.29) is 17.0 Å². The van der Waals surface area contributed by atoms with Gasteiger partial charge in [0.15, 0.2) is 10.9 Å². The topological polar surface area (TPSA) is 86.0 Å². The van der Waals surface area contributed by atoms with Crippen molar-refractivity contribution in [2.24, 2.45) is 0 Å². The van der Waals surface area contributed by atoms with Crippen molar-refractivity contribution in [3.63, 3.8) is 0 Å². The van der Waals surface area contributed by atoms with E-state index in [1.165, 1.54) is 30.8 Å². The first kappa shape index (κ1) is 14.1. The van der Waals surface area contributed by atoms with E-state index in [2.05, 4.69) is 9.97 Å². The highest BCUT2D eigenvalue weighted by molar-refractivity contribution is 7.99. The van der Waals surface area contributed by atoms with Gasteiger partial charge in [0, 0.05) is 23.4 Å². The zero-order chi connectivity index (χ0) is 14.7. The minimum atomic E-state index is -0.562. The van der Waals surface area contributed by atoms with Crippen LogP contribution in [0.3, 0.4) is 0 Å². The van der Waals surface area contributed by atoms with Crippen molar-refractivity contribution in [1.82, 2.24) is 9.97 Å². The van der Waals surface area contributed by atoms with Crippen LogP contribution in [0.2, 0.25) is 0 Å². The maximum Gasteiger partial charge on any atom is 0.280 e. The summed E-state index contributed by atoms with van der Waals surface area (Å²) in [4.78, 5) is 30.7. The van der Waals surface area contributed by atoms with E-state index in [9.17, 15) is 14.9 Å². The Morgan fingerprint density at radius 1 is 1.30 bits per heavy atom. The van der Waals surface area contributed by atoms with Crippen molar-refractivity contribution in [2.45, 2.75) is 23.9 Å². The molecule has 1 aromatic carbocycles. The predicted molar refractivity (Wildman–Crippen MR) is 74.0 cm³/mol. The van der Waals surface area contributed by atoms with Gasteiger partial charge in [-0.25, -0.2) is 9.97 Å². The van der Waals surface area contributed by atoms with Gasteiger partial charge in [-0.2, -0.15) is 0 Å². The fourth-order valence-corrected chi connectivity index (χ4v) is 2.29. The summed E-state index contributed by atoms with van der Waals surface area (Å²) in [5.41, 5.74) is 0.848. The normalized spacial score (nSPS) is 10.3. The summed E-state index contributed by atoms with van der Waals surface area (Å²) < 4.78 is 0. The second-order valence-corrected chi connectivity index (χ2v) is 5.18. The number of ketones is 1. The molecule has 1 aromatic heterocycles. The monoisotopic (exact) mass is 289 g/mol. The van der Waals surface area contributed by atoms with Crippen molar-refractivity contribution in [3.8, 4) is 0 Å². The molecule has 2 aromatic rings. The van der Waals surface area contributed by atoms with E-state index < -0.39 is 4.92 Å². The summed E-state index contributed by atoms with van der Waals surface area (Å²) in [5.74, 6) is -0.344. The Morgan fingerprint density at radius 3 is 2.50 bits per heavy atom. The number of rotatable bonds is 4. The minimum absolute atomic E-state index is 0.0899. The van der Waals surface area contributed by atoms with Crippen LogP contribution in [0, 0.1) is 17.0 Å². The van der Waals surface area contributed by atoms with Crippen LogP contribution in [0.1, 0.15) is 22.8 Å². The third-order valence-corrected chi connectivity index (χ3v) is 3.39. The van der Waals surface area contributed by atoms with Gasteiger partial charge in [-0.05, 0) is 43.3 Å². The van der Waals surface area contributed by atoms with Crippen LogP contribution >= 0.6 is 11.8 Å². The molecule has 0 radical (unpaired) electrons. The van der Waals surface area contributed by atoms with Gasteiger partial charge in [-0.1, -0.05) is 0 Å². The average molecular weight is 289 g/mol. The fraction of sp³-hybridized carbons (Fsp3) is 0.154. The predicted octanol–water partition coefficient (Wildman–Crippen LogP) is 3.05. The molecule has 7 heteroatoms. The maximum atomic E-state index is 11.5. The number of aromatic nitrogens is 2. The third-order valence-electron chi connectivity index (χ3n) is 2.51. The molecule has 102 valence electrons. The van der Waals surface area contributed by atoms with E-state index in [1.54, 1.807) is 18.5 Å². The van der Waals surface area contributed by atoms with E-state index in [4.69, 9.17) is 0 Å². The maximum absolute atomic E-state index is 11.5. The van der Waals surface area contributed by atoms with Crippen LogP contribution in [-0.4, -0.2) is 20.7 Å². The molecule has 20 heavy (non-hydrogen) atoms. The number of Topliss-reactive ketones (excluding diaryl/α,β-unsaturated/α-hetero) is 1. The van der Waals surface area contributed by atoms with Gasteiger partial charge in [0.1, 0.15) is 0 Å². The Bertz CT molecular complexity index is 671. The Kier molecular flexibility index (Phi) is 4.09. The number of benzene rings is 1. The lowest BCUT2D eigenvalue weighted by atomic mass is 10.1. The number of hydrogen-bond donors (Lipinski definition) is 0. The van der Waals surface area contributed by atoms with E-state index >= 15 is 0 Å². The lowest BCUT2D eigenvalue weighted by Crippen LogP contribution is -2.00. The number of carbonyl (C=O) groups excluding carboxylic acids is 1. The van der Waals surface area contributed by atoms with Gasteiger partial charge in [0.25, 0.3) is 5.69 Å². The molecule has 0 aliphatic rings. The number of nitro benzene ring substituents is 1. The molecule has 0 spiro atoms. The molecular formula is C13H11N3O3S. The van der Waals surface area contributed by atoms with Crippen molar-refractivity contribution >= 4 is 23.2 Å². The van der Waals surface area contributed by atoms with Gasteiger partial charge < -0.3 is 0 Å². The summed E-state index contributed by atoms with van der Waals surface area (Å²) in [6, 6.07) is 4.40. The van der Waals surface area contributed by atoms with Crippen molar-refractivity contribution in [3.05, 3.63) is 51.8 Å². The standard InChI is InChI=1S/C13H11N3O3S/c1-8-6-14-13(15-7-8)20-10-3-4-12(16(18)19)11(5-10)9(2)17/h3-7H,1-2H3. The Balaban J connectivity index is 2.34. The molecule has 0 N–H and O–H groups in total. The molecule has 0 bridgehead atoms. The van der Waals surface area contributed by atoms with Crippen molar-refractivity contribution in [1.29, 1.82) is 0 Å². The highest BCUT2D eigenvalue weighted by atomic mass is 32.2. The lowest BCUT2D eigenvalue weighted by Gasteiger charge is -2.03. The molecule has 1 heterocycles. The highest BCUT2D eigenvalue weighted by Crippen LogP contribution is 2.29. The summed E-state index contributed by atoms with van der Waals surface area (Å²) >= 11 is 1.25. The van der Waals surface area contributed by atoms with Crippen LogP contribution in [-0.2, 0) is 0 Å². The zero-order valence-electron chi connectivity index (χ0n) is 10.9. The zero-order valence-corrected chi connectivity index (χ0v) is 11.7. The van der Waals surface area contributed by atoms with Crippen LogP contribution in [0.15, 0.2) is 40.6 Å². The molecule has 0 amide bonds. The fourth-order valence-electron chi connectivity index (χ4n) is 1.56. The smallest absolute Gasteiger partial charge is 0.280 e. The van der Waals surface area contributed by atoms with Gasteiger partial charge in [-0.15, -0.1) is 0 Å². The molecule has 0 saturated carbocycles. The van der Waals surface area contributed by atoms with Gasteiger partial charge in [-0.3, -0.25) is 14.9 Å². The summed E-state index contributed by atoms with van der Waals surface area (Å²) in [6.07, 6.45) is 3.37. The molecule has 0 aliphatic heterocycles. The van der Waals surface area contributed by atoms with Crippen LogP contribution in [0.25, 0.3) is 0 Å². The molecular weight excluding hydrogens is 278 g/mol. The largest absolute Gasteiger partial charge is 0.294 e. The number of carbonyl (C=O) groups is 1. The lowest BCUT2D eigenvalue weighted by molar-refractivity contribution is -0.385. The molecule has 0 fully saturated rings. The van der Waals surface area contributed by atoms with E-state index in [0.29, 0.717) is 10.1 Å². The summed E-state index contributed by atoms with van der Waals surface area (Å²) in [5, 5.41) is 11.4. The summed E-state index contributed by atoms with van der Waals surface area (Å²) in [7, 11) is 0. The first-order valence-electron chi connectivity index (χ1n) is 5.73. The van der Waals surface area contributed by atoms with Crippen LogP contribution in [0.5, 0.6) is 0 Å². The number of nitro groups is 1. The van der Waals surface area contributed by atoms with Crippen LogP contribution in [0.4, 0.5) is 5.69 Å². The Morgan fingerprint density at radius 2 is 1.95 bits per heavy atom. The van der Waals surface area contributed by atoms with E-state index in [1.807, 2.05) is 6.92 Å². The second-order valence-electron chi connectivity index (χ2n) is 4.14. The first-order chi connectivity index (χ1) is 9.47. The first-order valence-corrected chi connectivity index (χ1v) is 6.55. The SMILES string of the molecule is CC(=O)c1cc(Sc2ncc(C)cn2)ccc1[N+](=O)[O-]. The summed E-state index contributed by atoms with van der Waals surface area (Å²) in [6.45, 7) is 3.19. The van der Waals surface area contributed by atoms with Crippen molar-refractivity contribution < 1.29 is 9.72 Å². The quantitative estimate of drug-likeness (QED) is 0.372. The third kappa shape index (κ3) is 3.18. The minimum Gasteiger partial charge on any atom is -0.294 e. The van der Waals surface area contributed by atoms with Crippen LogP contribution < -0.4 is 0 Å². The molecule has 0 saturated heterocycles. The van der Waals surface area contributed by atoms with E-state index in [0.717, 1.165) is 5.56 Å². The highest BCUT2D eigenvalue weighted by Gasteiger charge is 2.18. The van der Waals surface area contributed by atoms with Gasteiger partial charge >= 0.3 is 0 Å². The van der Waals surface area contributed by atoms with Crippen molar-refractivity contribution in [2.75, 3.05) is 0 Å². The molecule has 2 rings (SSSR count). The number of aryl methyl sites for hydroxylation is 1.